The number of esters is 1. The summed E-state index contributed by atoms with van der Waals surface area (Å²) in [6, 6.07) is 32.9. The van der Waals surface area contributed by atoms with Crippen molar-refractivity contribution in [3.8, 4) is 0 Å². The van der Waals surface area contributed by atoms with Crippen molar-refractivity contribution in [2.24, 2.45) is 0 Å². The van der Waals surface area contributed by atoms with Crippen molar-refractivity contribution in [3.63, 3.8) is 0 Å². The number of hydrogen-bond acceptors (Lipinski definition) is 6. The van der Waals surface area contributed by atoms with Gasteiger partial charge in [0, 0.05) is 10.0 Å². The fourth-order valence-corrected chi connectivity index (χ4v) is 8.89. The van der Waals surface area contributed by atoms with E-state index in [0.717, 1.165) is 26.5 Å². The van der Waals surface area contributed by atoms with Crippen LogP contribution in [0, 0.1) is 5.82 Å². The molecule has 6 rings (SSSR count). The van der Waals surface area contributed by atoms with Gasteiger partial charge >= 0.3 is 5.97 Å². The predicted octanol–water partition coefficient (Wildman–Crippen LogP) is 5.45. The summed E-state index contributed by atoms with van der Waals surface area (Å²) in [7, 11) is -2.91. The van der Waals surface area contributed by atoms with E-state index in [2.05, 4.69) is 22.5 Å². The number of fused-ring (bicyclic) bond motifs is 1. The standard InChI is InChI=1S/C33H28BrFO6Si/c1-2-42(24-14-5-3-6-15-24,25-16-7-4-8-17-25)37-21-28-29-30(40-32(39-29)26-18-9-10-19-27(26)34)33(38-28)41-31(36)22-12-11-13-23(35)20-22/h2-20,28-30,32-33H,1,21H2/t28-,29-,30-,32-,33-/m1/s1. The molecule has 9 heteroatoms. The molecular weight excluding hydrogens is 619 g/mol. The molecule has 0 saturated carbocycles. The van der Waals surface area contributed by atoms with Gasteiger partial charge in [-0.25, -0.2) is 9.18 Å². The Morgan fingerprint density at radius 1 is 0.857 bits per heavy atom. The smallest absolute Gasteiger partial charge is 0.340 e. The Hall–Kier alpha value is -3.44. The normalized spacial score (nSPS) is 23.3. The Morgan fingerprint density at radius 2 is 1.50 bits per heavy atom. The zero-order valence-corrected chi connectivity index (χ0v) is 25.1. The lowest BCUT2D eigenvalue weighted by Crippen LogP contribution is -2.60. The second-order valence-corrected chi connectivity index (χ2v) is 14.2. The molecule has 0 aliphatic carbocycles. The third-order valence-electron chi connectivity index (χ3n) is 7.44. The van der Waals surface area contributed by atoms with Crippen molar-refractivity contribution >= 4 is 40.6 Å². The van der Waals surface area contributed by atoms with Gasteiger partial charge in [-0.1, -0.05) is 107 Å². The minimum atomic E-state index is -2.91. The topological polar surface area (TPSA) is 63.2 Å². The first kappa shape index (κ1) is 28.7. The molecule has 4 aromatic carbocycles. The van der Waals surface area contributed by atoms with E-state index >= 15 is 0 Å². The maximum absolute atomic E-state index is 13.8. The average molecular weight is 648 g/mol. The summed E-state index contributed by atoms with van der Waals surface area (Å²) in [4.78, 5) is 13.0. The molecular formula is C33H28BrFO6Si. The van der Waals surface area contributed by atoms with E-state index in [9.17, 15) is 9.18 Å². The van der Waals surface area contributed by atoms with Crippen molar-refractivity contribution in [1.29, 1.82) is 0 Å². The van der Waals surface area contributed by atoms with E-state index < -0.39 is 51.0 Å². The fraction of sp³-hybridized carbons (Fsp3) is 0.182. The Labute approximate surface area is 252 Å². The first-order chi connectivity index (χ1) is 20.5. The van der Waals surface area contributed by atoms with Crippen molar-refractivity contribution < 1.29 is 32.6 Å². The summed E-state index contributed by atoms with van der Waals surface area (Å²) in [5, 5.41) is 2.06. The van der Waals surface area contributed by atoms with Crippen LogP contribution in [0.1, 0.15) is 22.2 Å². The largest absolute Gasteiger partial charge is 0.429 e. The summed E-state index contributed by atoms with van der Waals surface area (Å²) < 4.78 is 46.1. The first-order valence-electron chi connectivity index (χ1n) is 13.5. The van der Waals surface area contributed by atoms with Crippen LogP contribution in [0.2, 0.25) is 0 Å². The Kier molecular flexibility index (Phi) is 8.48. The molecule has 2 aliphatic rings. The van der Waals surface area contributed by atoms with Crippen molar-refractivity contribution in [2.45, 2.75) is 30.9 Å². The predicted molar refractivity (Wildman–Crippen MR) is 161 cm³/mol. The summed E-state index contributed by atoms with van der Waals surface area (Å²) in [5.74, 6) is -1.26. The third-order valence-corrected chi connectivity index (χ3v) is 11.7. The number of benzene rings is 4. The quantitative estimate of drug-likeness (QED) is 0.178. The minimum absolute atomic E-state index is 0.0716. The molecule has 2 fully saturated rings. The van der Waals surface area contributed by atoms with Crippen molar-refractivity contribution in [1.82, 2.24) is 0 Å². The van der Waals surface area contributed by atoms with Gasteiger partial charge in [0.2, 0.25) is 6.29 Å². The highest BCUT2D eigenvalue weighted by atomic mass is 79.9. The van der Waals surface area contributed by atoms with Crippen LogP contribution in [0.5, 0.6) is 0 Å². The lowest BCUT2D eigenvalue weighted by atomic mass is 10.1. The number of carbonyl (C=O) groups is 1. The van der Waals surface area contributed by atoms with Gasteiger partial charge in [-0.05, 0) is 34.6 Å². The summed E-state index contributed by atoms with van der Waals surface area (Å²) in [6.07, 6.45) is -3.79. The van der Waals surface area contributed by atoms with Crippen LogP contribution in [0.25, 0.3) is 0 Å². The van der Waals surface area contributed by atoms with Crippen LogP contribution < -0.4 is 10.4 Å². The van der Waals surface area contributed by atoms with Gasteiger partial charge in [0.1, 0.15) is 18.0 Å². The maximum atomic E-state index is 13.8. The van der Waals surface area contributed by atoms with E-state index in [1.54, 1.807) is 0 Å². The molecule has 2 aliphatic heterocycles. The zero-order valence-electron chi connectivity index (χ0n) is 22.5. The second kappa shape index (κ2) is 12.4. The minimum Gasteiger partial charge on any atom is -0.429 e. The summed E-state index contributed by atoms with van der Waals surface area (Å²) >= 11 is 3.57. The van der Waals surface area contributed by atoms with E-state index in [4.69, 9.17) is 23.4 Å². The summed E-state index contributed by atoms with van der Waals surface area (Å²) in [6.45, 7) is 4.32. The molecule has 2 saturated heterocycles. The van der Waals surface area contributed by atoms with E-state index in [1.165, 1.54) is 18.2 Å². The van der Waals surface area contributed by atoms with Gasteiger partial charge < -0.3 is 23.4 Å². The number of rotatable bonds is 9. The van der Waals surface area contributed by atoms with Crippen LogP contribution in [-0.4, -0.2) is 45.5 Å². The molecule has 2 heterocycles. The van der Waals surface area contributed by atoms with Gasteiger partial charge in [0.15, 0.2) is 12.4 Å². The van der Waals surface area contributed by atoms with Gasteiger partial charge in [-0.2, -0.15) is 0 Å². The molecule has 6 nitrogen and oxygen atoms in total. The van der Waals surface area contributed by atoms with Crippen LogP contribution in [-0.2, 0) is 23.4 Å². The Morgan fingerprint density at radius 3 is 2.14 bits per heavy atom. The summed E-state index contributed by atoms with van der Waals surface area (Å²) in [5.41, 5.74) is 2.77. The fourth-order valence-electron chi connectivity index (χ4n) is 5.36. The zero-order chi connectivity index (χ0) is 29.1. The lowest BCUT2D eigenvalue weighted by Gasteiger charge is -2.31. The molecule has 0 aromatic heterocycles. The van der Waals surface area contributed by atoms with Gasteiger partial charge in [-0.3, -0.25) is 0 Å². The molecule has 0 bridgehead atoms. The Balaban J connectivity index is 1.29. The van der Waals surface area contributed by atoms with E-state index in [0.29, 0.717) is 0 Å². The molecule has 0 spiro atoms. The maximum Gasteiger partial charge on any atom is 0.340 e. The molecule has 0 unspecified atom stereocenters. The van der Waals surface area contributed by atoms with Gasteiger partial charge in [-0.15, -0.1) is 6.58 Å². The highest BCUT2D eigenvalue weighted by Crippen LogP contribution is 2.42. The monoisotopic (exact) mass is 646 g/mol. The van der Waals surface area contributed by atoms with Gasteiger partial charge in [0.05, 0.1) is 12.2 Å². The number of halogens is 2. The highest BCUT2D eigenvalue weighted by Gasteiger charge is 2.55. The van der Waals surface area contributed by atoms with Gasteiger partial charge in [0.25, 0.3) is 8.32 Å². The number of ether oxygens (including phenoxy) is 4. The lowest BCUT2D eigenvalue weighted by molar-refractivity contribution is -0.191. The molecule has 5 atom stereocenters. The SMILES string of the molecule is C=C[Si](OC[C@H]1O[C@H](OC(=O)c2cccc(F)c2)[C@@H]2O[C@H](c3ccccc3Br)O[C@@H]21)(c1ccccc1)c1ccccc1. The second-order valence-electron chi connectivity index (χ2n) is 10.00. The molecule has 0 radical (unpaired) electrons. The molecule has 214 valence electrons. The Bertz CT molecular complexity index is 1520. The number of carbonyl (C=O) groups excluding carboxylic acids is 1. The van der Waals surface area contributed by atoms with E-state index in [-0.39, 0.29) is 12.2 Å². The van der Waals surface area contributed by atoms with Crippen molar-refractivity contribution in [3.05, 3.63) is 143 Å². The number of hydrogen-bond donors (Lipinski definition) is 0. The molecule has 42 heavy (non-hydrogen) atoms. The van der Waals surface area contributed by atoms with Crippen LogP contribution in [0.4, 0.5) is 4.39 Å². The average Bonchev–Trinajstić information content (AvgIpc) is 3.59. The first-order valence-corrected chi connectivity index (χ1v) is 16.3. The highest BCUT2D eigenvalue weighted by molar-refractivity contribution is 9.10. The molecule has 4 aromatic rings. The van der Waals surface area contributed by atoms with Crippen LogP contribution >= 0.6 is 15.9 Å². The van der Waals surface area contributed by atoms with Crippen LogP contribution in [0.15, 0.2) is 126 Å². The third kappa shape index (κ3) is 5.64. The van der Waals surface area contributed by atoms with Crippen LogP contribution in [0.3, 0.4) is 0 Å². The molecule has 0 N–H and O–H groups in total. The van der Waals surface area contributed by atoms with Crippen molar-refractivity contribution in [2.75, 3.05) is 6.61 Å². The van der Waals surface area contributed by atoms with E-state index in [1.807, 2.05) is 90.6 Å². The molecule has 0 amide bonds.